The summed E-state index contributed by atoms with van der Waals surface area (Å²) in [5.74, 6) is -0.566. The third-order valence-electron chi connectivity index (χ3n) is 3.37. The fraction of sp³-hybridized carbons (Fsp3) is 0.111. The Balaban J connectivity index is 0.00000243. The Morgan fingerprint density at radius 3 is 2.50 bits per heavy atom. The Labute approximate surface area is 164 Å². The average Bonchev–Trinajstić information content (AvgIpc) is 2.63. The number of nitrogens with zero attached hydrogens (tertiary/aromatic N) is 3. The second kappa shape index (κ2) is 9.39. The van der Waals surface area contributed by atoms with Gasteiger partial charge < -0.3 is 5.11 Å². The van der Waals surface area contributed by atoms with Gasteiger partial charge in [-0.15, -0.1) is 35.9 Å². The van der Waals surface area contributed by atoms with E-state index in [4.69, 9.17) is 5.11 Å². The Morgan fingerprint density at radius 1 is 1.04 bits per heavy atom. The molecule has 3 aromatic rings. The number of benzene rings is 1. The van der Waals surface area contributed by atoms with E-state index in [0.717, 1.165) is 5.56 Å². The summed E-state index contributed by atoms with van der Waals surface area (Å²) < 4.78 is 12.4. The molecule has 6 nitrogen and oxygen atoms in total. The smallest absolute Gasteiger partial charge is 0.354 e. The molecule has 1 atom stereocenters. The molecule has 0 saturated carbocycles. The van der Waals surface area contributed by atoms with Crippen molar-refractivity contribution in [3.05, 3.63) is 77.9 Å². The van der Waals surface area contributed by atoms with E-state index < -0.39 is 13.8 Å². The first kappa shape index (κ1) is 20.0. The standard InChI is InChI=1S/C18H14N3O3P.Ir/c22-18(23)16-8-4-7-14(20-16)11-25(24)12-15-9-10-19-17(21-15)13-5-2-1-3-6-13;/h1-5,7-10H,11-12H2,(H,22,23);. The molecule has 0 fully saturated rings. The summed E-state index contributed by atoms with van der Waals surface area (Å²) in [5.41, 5.74) is 1.88. The maximum absolute atomic E-state index is 12.4. The van der Waals surface area contributed by atoms with E-state index in [-0.39, 0.29) is 38.1 Å². The fourth-order valence-corrected chi connectivity index (χ4v) is 3.44. The maximum atomic E-state index is 12.4. The van der Waals surface area contributed by atoms with Gasteiger partial charge in [0, 0.05) is 26.3 Å². The average molecular weight is 544 g/mol. The number of rotatable bonds is 6. The number of pyridine rings is 1. The molecule has 0 spiro atoms. The molecular formula is C18H14IrN3O3P. The van der Waals surface area contributed by atoms with Crippen LogP contribution in [0.1, 0.15) is 21.9 Å². The van der Waals surface area contributed by atoms with Crippen LogP contribution in [0.4, 0.5) is 0 Å². The molecule has 0 saturated heterocycles. The summed E-state index contributed by atoms with van der Waals surface area (Å²) >= 11 is 0. The monoisotopic (exact) mass is 544 g/mol. The minimum atomic E-state index is -1.65. The zero-order chi connectivity index (χ0) is 17.6. The molecule has 1 radical (unpaired) electrons. The number of carboxylic acid groups (broad SMARTS) is 1. The minimum absolute atomic E-state index is 0. The van der Waals surface area contributed by atoms with E-state index in [1.165, 1.54) is 6.07 Å². The van der Waals surface area contributed by atoms with Crippen molar-refractivity contribution in [1.29, 1.82) is 0 Å². The van der Waals surface area contributed by atoms with Crippen LogP contribution in [-0.4, -0.2) is 26.0 Å². The molecule has 0 aliphatic rings. The first-order valence-electron chi connectivity index (χ1n) is 7.52. The molecule has 0 bridgehead atoms. The molecule has 1 unspecified atom stereocenters. The molecule has 26 heavy (non-hydrogen) atoms. The van der Waals surface area contributed by atoms with Crippen molar-refractivity contribution in [2.45, 2.75) is 12.3 Å². The topological polar surface area (TPSA) is 93.0 Å². The fourth-order valence-electron chi connectivity index (χ4n) is 2.25. The summed E-state index contributed by atoms with van der Waals surface area (Å²) in [5, 5.41) is 8.96. The van der Waals surface area contributed by atoms with E-state index in [1.54, 1.807) is 30.5 Å². The van der Waals surface area contributed by atoms with Crippen LogP contribution < -0.4 is 0 Å². The van der Waals surface area contributed by atoms with Crippen molar-refractivity contribution in [1.82, 2.24) is 15.0 Å². The number of aromatic carboxylic acids is 1. The van der Waals surface area contributed by atoms with Crippen molar-refractivity contribution in [3.8, 4) is 11.4 Å². The molecular weight excluding hydrogens is 529 g/mol. The summed E-state index contributed by atoms with van der Waals surface area (Å²) in [6.45, 7) is 0. The largest absolute Gasteiger partial charge is 0.477 e. The summed E-state index contributed by atoms with van der Waals surface area (Å²) in [7, 11) is -1.65. The quantitative estimate of drug-likeness (QED) is 0.378. The van der Waals surface area contributed by atoms with Crippen LogP contribution in [0, 0.1) is 6.07 Å². The van der Waals surface area contributed by atoms with Gasteiger partial charge in [-0.25, -0.2) is 9.78 Å². The van der Waals surface area contributed by atoms with Gasteiger partial charge in [-0.2, -0.15) is 0 Å². The maximum Gasteiger partial charge on any atom is 0.354 e. The predicted octanol–water partition coefficient (Wildman–Crippen LogP) is 3.56. The zero-order valence-electron chi connectivity index (χ0n) is 13.5. The summed E-state index contributed by atoms with van der Waals surface area (Å²) in [4.78, 5) is 23.6. The molecule has 0 aliphatic heterocycles. The first-order valence-corrected chi connectivity index (χ1v) is 9.15. The number of aromatic nitrogens is 3. The molecule has 1 N–H and O–H groups in total. The van der Waals surface area contributed by atoms with Crippen molar-refractivity contribution < 1.29 is 34.6 Å². The van der Waals surface area contributed by atoms with Gasteiger partial charge in [-0.1, -0.05) is 10.6 Å². The van der Waals surface area contributed by atoms with Gasteiger partial charge in [-0.3, -0.25) is 9.97 Å². The van der Waals surface area contributed by atoms with Crippen LogP contribution in [0.3, 0.4) is 0 Å². The van der Waals surface area contributed by atoms with E-state index >= 15 is 0 Å². The van der Waals surface area contributed by atoms with Gasteiger partial charge in [0.15, 0.2) is 12.3 Å². The second-order valence-corrected chi connectivity index (χ2v) is 6.86. The molecule has 0 aliphatic carbocycles. The van der Waals surface area contributed by atoms with Gasteiger partial charge in [0.1, 0.15) is 5.69 Å². The molecule has 133 valence electrons. The van der Waals surface area contributed by atoms with E-state index in [2.05, 4.69) is 21.0 Å². The SMILES string of the molecule is O=C(O)c1cccc(C[P+](=O)Cc2ccnc(-c3[c-]cccc3)n2)n1.[Ir]. The van der Waals surface area contributed by atoms with Crippen LogP contribution in [0.5, 0.6) is 0 Å². The molecule has 0 amide bonds. The van der Waals surface area contributed by atoms with Crippen LogP contribution in [0.25, 0.3) is 11.4 Å². The van der Waals surface area contributed by atoms with E-state index in [1.807, 2.05) is 18.2 Å². The van der Waals surface area contributed by atoms with Crippen molar-refractivity contribution in [3.63, 3.8) is 0 Å². The van der Waals surface area contributed by atoms with Gasteiger partial charge in [0.2, 0.25) is 0 Å². The van der Waals surface area contributed by atoms with Crippen molar-refractivity contribution in [2.24, 2.45) is 0 Å². The Kier molecular flexibility index (Phi) is 7.22. The second-order valence-electron chi connectivity index (χ2n) is 5.27. The molecule has 2 aromatic heterocycles. The van der Waals surface area contributed by atoms with Crippen LogP contribution in [0.15, 0.2) is 54.7 Å². The van der Waals surface area contributed by atoms with Gasteiger partial charge in [0.05, 0.1) is 17.2 Å². The van der Waals surface area contributed by atoms with Crippen LogP contribution in [0.2, 0.25) is 0 Å². The number of hydrogen-bond donors (Lipinski definition) is 1. The summed E-state index contributed by atoms with van der Waals surface area (Å²) in [6, 6.07) is 16.8. The molecule has 8 heteroatoms. The van der Waals surface area contributed by atoms with Crippen molar-refractivity contribution in [2.75, 3.05) is 0 Å². The Morgan fingerprint density at radius 2 is 1.81 bits per heavy atom. The number of hydrogen-bond acceptors (Lipinski definition) is 5. The van der Waals surface area contributed by atoms with Crippen molar-refractivity contribution >= 4 is 13.8 Å². The van der Waals surface area contributed by atoms with Crippen LogP contribution in [-0.2, 0) is 37.0 Å². The Bertz CT molecular complexity index is 922. The minimum Gasteiger partial charge on any atom is -0.477 e. The van der Waals surface area contributed by atoms with Gasteiger partial charge >= 0.3 is 13.8 Å². The van der Waals surface area contributed by atoms with E-state index in [0.29, 0.717) is 17.2 Å². The third kappa shape index (κ3) is 5.33. The van der Waals surface area contributed by atoms with Gasteiger partial charge in [-0.05, 0) is 18.2 Å². The van der Waals surface area contributed by atoms with E-state index in [9.17, 15) is 9.36 Å². The predicted molar refractivity (Wildman–Crippen MR) is 92.5 cm³/mol. The summed E-state index contributed by atoms with van der Waals surface area (Å²) in [6.07, 6.45) is 2.11. The molecule has 2 heterocycles. The zero-order valence-corrected chi connectivity index (χ0v) is 16.8. The molecule has 1 aromatic carbocycles. The number of carbonyl (C=O) groups is 1. The third-order valence-corrected chi connectivity index (χ3v) is 4.72. The Hall–Kier alpha value is -2.33. The normalized spacial score (nSPS) is 10.7. The number of carboxylic acids is 1. The van der Waals surface area contributed by atoms with Gasteiger partial charge in [0.25, 0.3) is 0 Å². The first-order chi connectivity index (χ1) is 12.1. The van der Waals surface area contributed by atoms with Crippen LogP contribution >= 0.6 is 7.80 Å². The molecule has 3 rings (SSSR count).